The molecule has 2 saturated heterocycles. The molecule has 0 N–H and O–H groups in total. The van der Waals surface area contributed by atoms with Crippen LogP contribution in [0.4, 0.5) is 0 Å². The maximum atomic E-state index is 12.8. The van der Waals surface area contributed by atoms with Gasteiger partial charge in [-0.05, 0) is 30.0 Å². The average Bonchev–Trinajstić information content (AvgIpc) is 3.23. The molecule has 0 saturated carbocycles. The molecule has 2 aromatic rings. The highest BCUT2D eigenvalue weighted by Crippen LogP contribution is 2.28. The van der Waals surface area contributed by atoms with Crippen LogP contribution >= 0.6 is 0 Å². The van der Waals surface area contributed by atoms with Crippen LogP contribution < -0.4 is 0 Å². The third kappa shape index (κ3) is 3.56. The molecule has 3 heterocycles. The van der Waals surface area contributed by atoms with Crippen molar-refractivity contribution in [2.45, 2.75) is 50.1 Å². The van der Waals surface area contributed by atoms with Crippen molar-refractivity contribution in [3.8, 4) is 0 Å². The Morgan fingerprint density at radius 1 is 1.18 bits per heavy atom. The summed E-state index contributed by atoms with van der Waals surface area (Å²) in [6.07, 6.45) is 3.31. The molecule has 150 valence electrons. The minimum absolute atomic E-state index is 0.0276. The lowest BCUT2D eigenvalue weighted by molar-refractivity contribution is -0.128. The summed E-state index contributed by atoms with van der Waals surface area (Å²) in [6, 6.07) is 7.08. The van der Waals surface area contributed by atoms with Crippen LogP contribution in [0.5, 0.6) is 0 Å². The number of hydrogen-bond acceptors (Lipinski definition) is 5. The lowest BCUT2D eigenvalue weighted by atomic mass is 10.0. The molecular formula is C19H25N5O3S. The molecule has 1 amide bonds. The van der Waals surface area contributed by atoms with Gasteiger partial charge in [-0.15, -0.1) is 5.10 Å². The molecule has 28 heavy (non-hydrogen) atoms. The van der Waals surface area contributed by atoms with E-state index in [1.807, 2.05) is 18.3 Å². The third-order valence-corrected chi connectivity index (χ3v) is 7.32. The van der Waals surface area contributed by atoms with Gasteiger partial charge >= 0.3 is 0 Å². The number of benzene rings is 1. The Morgan fingerprint density at radius 2 is 1.89 bits per heavy atom. The number of nitrogens with zero attached hydrogens (tertiary/aromatic N) is 5. The first-order valence-electron chi connectivity index (χ1n) is 9.63. The van der Waals surface area contributed by atoms with Crippen LogP contribution in [0.1, 0.15) is 49.9 Å². The van der Waals surface area contributed by atoms with Crippen LogP contribution in [-0.4, -0.2) is 58.2 Å². The summed E-state index contributed by atoms with van der Waals surface area (Å²) in [5.74, 6) is 0.515. The standard InChI is InChI=1S/C19H25N5O3S/c1-14(2)15-5-7-18(8-6-15)28(26,27)23-12-17(13-23)24-11-16(20-21-24)10-22-9-3-4-19(22)25/h5-8,11,14,17H,3-4,9-10,12-13H2,1-2H3. The van der Waals surface area contributed by atoms with Crippen LogP contribution in [-0.2, 0) is 21.4 Å². The van der Waals surface area contributed by atoms with E-state index in [9.17, 15) is 13.2 Å². The highest BCUT2D eigenvalue weighted by atomic mass is 32.2. The highest BCUT2D eigenvalue weighted by Gasteiger charge is 2.38. The normalized spacial score (nSPS) is 18.8. The third-order valence-electron chi connectivity index (χ3n) is 5.47. The van der Waals surface area contributed by atoms with Crippen LogP contribution in [0.2, 0.25) is 0 Å². The molecule has 0 aliphatic carbocycles. The van der Waals surface area contributed by atoms with Crippen molar-refractivity contribution in [2.75, 3.05) is 19.6 Å². The second-order valence-electron chi connectivity index (χ2n) is 7.81. The summed E-state index contributed by atoms with van der Waals surface area (Å²) in [6.45, 7) is 6.14. The molecule has 0 atom stereocenters. The number of likely N-dealkylation sites (tertiary alicyclic amines) is 1. The van der Waals surface area contributed by atoms with Crippen LogP contribution in [0, 0.1) is 0 Å². The fourth-order valence-corrected chi connectivity index (χ4v) is 5.10. The molecule has 0 spiro atoms. The zero-order chi connectivity index (χ0) is 19.9. The van der Waals surface area contributed by atoms with Crippen molar-refractivity contribution in [1.82, 2.24) is 24.2 Å². The lowest BCUT2D eigenvalue weighted by Crippen LogP contribution is -2.50. The van der Waals surface area contributed by atoms with E-state index in [2.05, 4.69) is 24.2 Å². The van der Waals surface area contributed by atoms with Crippen LogP contribution in [0.3, 0.4) is 0 Å². The summed E-state index contributed by atoms with van der Waals surface area (Å²) < 4.78 is 28.7. The number of amides is 1. The van der Waals surface area contributed by atoms with E-state index in [4.69, 9.17) is 0 Å². The van der Waals surface area contributed by atoms with Gasteiger partial charge < -0.3 is 4.90 Å². The molecule has 0 bridgehead atoms. The molecule has 2 aliphatic rings. The number of carbonyl (C=O) groups is 1. The number of carbonyl (C=O) groups excluding carboxylic acids is 1. The van der Waals surface area contributed by atoms with Crippen molar-refractivity contribution in [3.05, 3.63) is 41.7 Å². The molecule has 1 aromatic carbocycles. The van der Waals surface area contributed by atoms with Gasteiger partial charge in [-0.25, -0.2) is 13.1 Å². The first-order chi connectivity index (χ1) is 13.3. The molecule has 2 fully saturated rings. The van der Waals surface area contributed by atoms with E-state index >= 15 is 0 Å². The number of sulfonamides is 1. The number of hydrogen-bond donors (Lipinski definition) is 0. The summed E-state index contributed by atoms with van der Waals surface area (Å²) in [4.78, 5) is 13.8. The van der Waals surface area contributed by atoms with Gasteiger partial charge in [-0.3, -0.25) is 4.79 Å². The van der Waals surface area contributed by atoms with Crippen molar-refractivity contribution in [3.63, 3.8) is 0 Å². The highest BCUT2D eigenvalue weighted by molar-refractivity contribution is 7.89. The van der Waals surface area contributed by atoms with Crippen LogP contribution in [0.25, 0.3) is 0 Å². The Kier molecular flexibility index (Phi) is 4.96. The Morgan fingerprint density at radius 3 is 2.50 bits per heavy atom. The maximum absolute atomic E-state index is 12.8. The molecule has 4 rings (SSSR count). The molecule has 8 nitrogen and oxygen atoms in total. The van der Waals surface area contributed by atoms with E-state index < -0.39 is 10.0 Å². The summed E-state index contributed by atoms with van der Waals surface area (Å²) >= 11 is 0. The Balaban J connectivity index is 1.38. The zero-order valence-electron chi connectivity index (χ0n) is 16.2. The molecule has 1 aromatic heterocycles. The van der Waals surface area contributed by atoms with Crippen molar-refractivity contribution in [1.29, 1.82) is 0 Å². The summed E-state index contributed by atoms with van der Waals surface area (Å²) in [7, 11) is -3.49. The van der Waals surface area contributed by atoms with Gasteiger partial charge in [0.2, 0.25) is 15.9 Å². The molecule has 0 unspecified atom stereocenters. The molecule has 0 radical (unpaired) electrons. The Hall–Kier alpha value is -2.26. The minimum atomic E-state index is -3.49. The van der Waals surface area contributed by atoms with Gasteiger partial charge in [0.15, 0.2) is 0 Å². The van der Waals surface area contributed by atoms with E-state index in [0.717, 1.165) is 24.2 Å². The predicted molar refractivity (Wildman–Crippen MR) is 103 cm³/mol. The smallest absolute Gasteiger partial charge is 0.243 e. The van der Waals surface area contributed by atoms with E-state index in [1.54, 1.807) is 21.7 Å². The first-order valence-corrected chi connectivity index (χ1v) is 11.1. The first kappa shape index (κ1) is 19.1. The maximum Gasteiger partial charge on any atom is 0.243 e. The summed E-state index contributed by atoms with van der Waals surface area (Å²) in [5.41, 5.74) is 1.85. The van der Waals surface area contributed by atoms with Crippen LogP contribution in [0.15, 0.2) is 35.4 Å². The SMILES string of the molecule is CC(C)c1ccc(S(=O)(=O)N2CC(n3cc(CN4CCCC4=O)nn3)C2)cc1. The zero-order valence-corrected chi connectivity index (χ0v) is 17.0. The monoisotopic (exact) mass is 403 g/mol. The topological polar surface area (TPSA) is 88.4 Å². The van der Waals surface area contributed by atoms with Crippen molar-refractivity contribution < 1.29 is 13.2 Å². The average molecular weight is 404 g/mol. The van der Waals surface area contributed by atoms with Crippen molar-refractivity contribution in [2.24, 2.45) is 0 Å². The predicted octanol–water partition coefficient (Wildman–Crippen LogP) is 1.77. The van der Waals surface area contributed by atoms with Gasteiger partial charge in [-0.1, -0.05) is 31.2 Å². The second-order valence-corrected chi connectivity index (χ2v) is 9.75. The van der Waals surface area contributed by atoms with Gasteiger partial charge in [0.1, 0.15) is 5.69 Å². The van der Waals surface area contributed by atoms with Gasteiger partial charge in [0.25, 0.3) is 0 Å². The Bertz CT molecular complexity index is 962. The molecular weight excluding hydrogens is 378 g/mol. The van der Waals surface area contributed by atoms with Crippen molar-refractivity contribution >= 4 is 15.9 Å². The second kappa shape index (κ2) is 7.29. The largest absolute Gasteiger partial charge is 0.337 e. The van der Waals surface area contributed by atoms with Gasteiger partial charge in [-0.2, -0.15) is 4.31 Å². The molecule has 9 heteroatoms. The summed E-state index contributed by atoms with van der Waals surface area (Å²) in [5, 5.41) is 8.27. The van der Waals surface area contributed by atoms with E-state index in [-0.39, 0.29) is 11.9 Å². The number of aromatic nitrogens is 3. The van der Waals surface area contributed by atoms with E-state index in [1.165, 1.54) is 4.31 Å². The van der Waals surface area contributed by atoms with E-state index in [0.29, 0.717) is 36.9 Å². The van der Waals surface area contributed by atoms with Gasteiger partial charge in [0.05, 0.1) is 23.7 Å². The van der Waals surface area contributed by atoms with Gasteiger partial charge in [0, 0.05) is 26.1 Å². The fraction of sp³-hybridized carbons (Fsp3) is 0.526. The fourth-order valence-electron chi connectivity index (χ4n) is 3.59. The molecule has 2 aliphatic heterocycles. The minimum Gasteiger partial charge on any atom is -0.337 e. The lowest BCUT2D eigenvalue weighted by Gasteiger charge is -2.37. The Labute approximate surface area is 165 Å². The quantitative estimate of drug-likeness (QED) is 0.733. The number of rotatable bonds is 6.